The van der Waals surface area contributed by atoms with E-state index in [0.29, 0.717) is 9.93 Å². The number of hydrogen-bond donors (Lipinski definition) is 1. The molecule has 0 aliphatic carbocycles. The van der Waals surface area contributed by atoms with Gasteiger partial charge in [-0.3, -0.25) is 4.79 Å². The summed E-state index contributed by atoms with van der Waals surface area (Å²) in [5.41, 5.74) is 2.23. The molecular formula is C13H21NOS. The molecule has 1 aromatic carbocycles. The first kappa shape index (κ1) is 13.4. The minimum absolute atomic E-state index is 0.0302. The van der Waals surface area contributed by atoms with E-state index in [9.17, 15) is 4.79 Å². The van der Waals surface area contributed by atoms with Crippen molar-refractivity contribution in [3.8, 4) is 0 Å². The number of nitrogens with one attached hydrogen (secondary N) is 1. The summed E-state index contributed by atoms with van der Waals surface area (Å²) >= 11 is 5.08. The van der Waals surface area contributed by atoms with Gasteiger partial charge >= 0.3 is 0 Å². The highest BCUT2D eigenvalue weighted by Crippen LogP contribution is 2.24. The Morgan fingerprint density at radius 2 is 1.94 bits per heavy atom. The van der Waals surface area contributed by atoms with Crippen LogP contribution in [0.5, 0.6) is 0 Å². The maximum atomic E-state index is 11.5. The van der Waals surface area contributed by atoms with Crippen LogP contribution < -0.4 is 10.7 Å². The third-order valence-corrected chi connectivity index (χ3v) is 3.15. The number of rotatable bonds is 5. The molecule has 0 aromatic heterocycles. The van der Waals surface area contributed by atoms with Crippen molar-refractivity contribution in [2.45, 2.75) is 47.0 Å². The van der Waals surface area contributed by atoms with Crippen LogP contribution in [0.2, 0.25) is 0 Å². The smallest absolute Gasteiger partial charge is 0.220 e. The van der Waals surface area contributed by atoms with E-state index in [1.807, 2.05) is 6.92 Å². The second-order valence-electron chi connectivity index (χ2n) is 5.46. The zero-order valence-corrected chi connectivity index (χ0v) is 11.5. The highest BCUT2D eigenvalue weighted by atomic mass is 32.1. The van der Waals surface area contributed by atoms with Crippen LogP contribution in [0.3, 0.4) is 0 Å². The van der Waals surface area contributed by atoms with E-state index < -0.39 is 0 Å². The molecule has 0 aliphatic rings. The SMILES string of the molecule is CCNc1c(CCCC(C)(C)C)c(=S)c1=O. The van der Waals surface area contributed by atoms with Crippen molar-refractivity contribution in [1.82, 2.24) is 0 Å². The lowest BCUT2D eigenvalue weighted by atomic mass is 9.88. The molecule has 0 spiro atoms. The molecule has 1 rings (SSSR count). The molecule has 90 valence electrons. The fraction of sp³-hybridized carbons (Fsp3) is 0.692. The van der Waals surface area contributed by atoms with Gasteiger partial charge in [0.1, 0.15) is 0 Å². The summed E-state index contributed by atoms with van der Waals surface area (Å²) in [5, 5.41) is 3.10. The van der Waals surface area contributed by atoms with E-state index >= 15 is 0 Å². The molecule has 1 aromatic rings. The molecular weight excluding hydrogens is 218 g/mol. The predicted octanol–water partition coefficient (Wildman–Crippen LogP) is 3.45. The zero-order valence-electron chi connectivity index (χ0n) is 10.6. The van der Waals surface area contributed by atoms with Crippen LogP contribution in [0.4, 0.5) is 5.69 Å². The maximum Gasteiger partial charge on any atom is 0.220 e. The maximum absolute atomic E-state index is 11.5. The summed E-state index contributed by atoms with van der Waals surface area (Å²) in [7, 11) is 0. The fourth-order valence-electron chi connectivity index (χ4n) is 1.84. The molecule has 0 atom stereocenters. The molecule has 0 unspecified atom stereocenters. The van der Waals surface area contributed by atoms with E-state index in [0.717, 1.165) is 37.1 Å². The Hall–Kier alpha value is -0.700. The van der Waals surface area contributed by atoms with E-state index in [2.05, 4.69) is 26.1 Å². The Morgan fingerprint density at radius 1 is 1.31 bits per heavy atom. The predicted molar refractivity (Wildman–Crippen MR) is 72.5 cm³/mol. The molecule has 1 N–H and O–H groups in total. The Balaban J connectivity index is 2.58. The molecule has 0 radical (unpaired) electrons. The quantitative estimate of drug-likeness (QED) is 0.798. The van der Waals surface area contributed by atoms with Gasteiger partial charge in [-0.2, -0.15) is 0 Å². The second-order valence-corrected chi connectivity index (χ2v) is 5.86. The monoisotopic (exact) mass is 239 g/mol. The van der Waals surface area contributed by atoms with Gasteiger partial charge in [-0.05, 0) is 31.6 Å². The van der Waals surface area contributed by atoms with Crippen LogP contribution in [0.25, 0.3) is 0 Å². The minimum atomic E-state index is 0.0302. The largest absolute Gasteiger partial charge is 0.382 e. The summed E-state index contributed by atoms with van der Waals surface area (Å²) in [4.78, 5) is 11.5. The van der Waals surface area contributed by atoms with Gasteiger partial charge in [-0.1, -0.05) is 33.0 Å². The molecule has 0 saturated carbocycles. The average Bonchev–Trinajstić information content (AvgIpc) is 2.20. The van der Waals surface area contributed by atoms with Crippen molar-refractivity contribution < 1.29 is 0 Å². The molecule has 3 heteroatoms. The van der Waals surface area contributed by atoms with Gasteiger partial charge in [0.15, 0.2) is 0 Å². The zero-order chi connectivity index (χ0) is 12.3. The van der Waals surface area contributed by atoms with E-state index in [1.54, 1.807) is 0 Å². The van der Waals surface area contributed by atoms with Gasteiger partial charge in [-0.25, -0.2) is 0 Å². The van der Waals surface area contributed by atoms with Crippen LogP contribution in [0.1, 0.15) is 46.1 Å². The van der Waals surface area contributed by atoms with E-state index in [1.165, 1.54) is 0 Å². The second kappa shape index (κ2) is 5.09. The lowest BCUT2D eigenvalue weighted by molar-refractivity contribution is 0.365. The summed E-state index contributed by atoms with van der Waals surface area (Å²) in [5.74, 6) is 0. The van der Waals surface area contributed by atoms with Crippen molar-refractivity contribution in [1.29, 1.82) is 0 Å². The molecule has 0 amide bonds. The summed E-state index contributed by atoms with van der Waals surface area (Å²) < 4.78 is 0.546. The van der Waals surface area contributed by atoms with Gasteiger partial charge in [0.05, 0.1) is 10.2 Å². The first-order valence-electron chi connectivity index (χ1n) is 5.93. The van der Waals surface area contributed by atoms with Crippen molar-refractivity contribution in [3.63, 3.8) is 0 Å². The Kier molecular flexibility index (Phi) is 4.25. The molecule has 16 heavy (non-hydrogen) atoms. The van der Waals surface area contributed by atoms with Crippen molar-refractivity contribution >= 4 is 17.9 Å². The normalized spacial score (nSPS) is 12.0. The lowest BCUT2D eigenvalue weighted by Crippen LogP contribution is -2.21. The molecule has 0 fully saturated rings. The number of anilines is 1. The minimum Gasteiger partial charge on any atom is -0.382 e. The number of hydrogen-bond acceptors (Lipinski definition) is 3. The lowest BCUT2D eigenvalue weighted by Gasteiger charge is -2.19. The molecule has 0 aliphatic heterocycles. The van der Waals surface area contributed by atoms with Crippen LogP contribution in [-0.2, 0) is 6.42 Å². The van der Waals surface area contributed by atoms with Crippen molar-refractivity contribution in [2.24, 2.45) is 5.41 Å². The first-order chi connectivity index (χ1) is 7.37. The van der Waals surface area contributed by atoms with Crippen molar-refractivity contribution in [2.75, 3.05) is 11.9 Å². The molecule has 0 heterocycles. The third kappa shape index (κ3) is 3.14. The molecule has 0 saturated heterocycles. The van der Waals surface area contributed by atoms with E-state index in [-0.39, 0.29) is 5.43 Å². The summed E-state index contributed by atoms with van der Waals surface area (Å²) in [6.07, 6.45) is 3.19. The first-order valence-corrected chi connectivity index (χ1v) is 6.33. The van der Waals surface area contributed by atoms with Gasteiger partial charge < -0.3 is 5.32 Å². The topological polar surface area (TPSA) is 29.1 Å². The average molecular weight is 239 g/mol. The molecule has 2 nitrogen and oxygen atoms in total. The summed E-state index contributed by atoms with van der Waals surface area (Å²) in [6, 6.07) is 0. The standard InChI is InChI=1S/C13H21NOS/c1-5-14-10-9(12(16)11(10)15)7-6-8-13(2,3)4/h14H,5-8H2,1-4H3. The summed E-state index contributed by atoms with van der Waals surface area (Å²) in [6.45, 7) is 9.48. The van der Waals surface area contributed by atoms with E-state index in [4.69, 9.17) is 12.2 Å². The van der Waals surface area contributed by atoms with Crippen LogP contribution in [0, 0.1) is 9.93 Å². The fourth-order valence-corrected chi connectivity index (χ4v) is 2.14. The van der Waals surface area contributed by atoms with Crippen LogP contribution in [0.15, 0.2) is 4.79 Å². The van der Waals surface area contributed by atoms with Crippen LogP contribution in [-0.4, -0.2) is 6.54 Å². The molecule has 0 bridgehead atoms. The van der Waals surface area contributed by atoms with Gasteiger partial charge in [0.25, 0.3) is 0 Å². The van der Waals surface area contributed by atoms with Gasteiger partial charge in [0, 0.05) is 12.1 Å². The Bertz CT molecular complexity index is 422. The Morgan fingerprint density at radius 3 is 2.44 bits per heavy atom. The van der Waals surface area contributed by atoms with Crippen molar-refractivity contribution in [3.05, 3.63) is 20.3 Å². The van der Waals surface area contributed by atoms with Gasteiger partial charge in [-0.15, -0.1) is 0 Å². The Labute approximate surface area is 103 Å². The highest BCUT2D eigenvalue weighted by Gasteiger charge is 2.17. The van der Waals surface area contributed by atoms with Gasteiger partial charge in [0.2, 0.25) is 5.43 Å². The third-order valence-electron chi connectivity index (χ3n) is 2.72. The van der Waals surface area contributed by atoms with Crippen LogP contribution >= 0.6 is 12.2 Å². The highest BCUT2D eigenvalue weighted by molar-refractivity contribution is 7.71.